The maximum Gasteiger partial charge on any atom is 0.270 e. The van der Waals surface area contributed by atoms with Crippen molar-refractivity contribution >= 4 is 91.2 Å². The topological polar surface area (TPSA) is 29.5 Å². The molecule has 0 spiro atoms. The summed E-state index contributed by atoms with van der Waals surface area (Å²) in [5.41, 5.74) is 3.89. The Balaban J connectivity index is 1.65. The molecule has 1 heterocycles. The third kappa shape index (κ3) is 5.32. The van der Waals surface area contributed by atoms with Crippen molar-refractivity contribution in [3.05, 3.63) is 95.5 Å². The van der Waals surface area contributed by atoms with Crippen LogP contribution >= 0.6 is 69.2 Å². The van der Waals surface area contributed by atoms with E-state index < -0.39 is 0 Å². The zero-order valence-electron chi connectivity index (χ0n) is 16.5. The summed E-state index contributed by atoms with van der Waals surface area (Å²) in [6.07, 6.45) is 1.89. The molecule has 1 aliphatic rings. The van der Waals surface area contributed by atoms with Gasteiger partial charge in [-0.3, -0.25) is 9.69 Å². The maximum atomic E-state index is 13.2. The monoisotopic (exact) mass is 669 g/mol. The normalized spacial score (nSPS) is 15.1. The Kier molecular flexibility index (Phi) is 7.35. The van der Waals surface area contributed by atoms with Crippen molar-refractivity contribution in [1.82, 2.24) is 0 Å². The van der Waals surface area contributed by atoms with Crippen LogP contribution < -0.4 is 9.64 Å². The van der Waals surface area contributed by atoms with E-state index in [1.54, 1.807) is 4.90 Å². The van der Waals surface area contributed by atoms with Gasteiger partial charge in [-0.1, -0.05) is 72.0 Å². The van der Waals surface area contributed by atoms with Gasteiger partial charge in [0.25, 0.3) is 5.91 Å². The van der Waals surface area contributed by atoms with E-state index in [9.17, 15) is 4.79 Å². The average molecular weight is 669 g/mol. The van der Waals surface area contributed by atoms with Crippen LogP contribution in [0.1, 0.15) is 16.7 Å². The highest BCUT2D eigenvalue weighted by molar-refractivity contribution is 14.1. The molecule has 7 heteroatoms. The molecule has 0 atom stereocenters. The number of hydrogen-bond acceptors (Lipinski definition) is 4. The first kappa shape index (κ1) is 22.8. The number of benzene rings is 3. The fourth-order valence-corrected chi connectivity index (χ4v) is 6.43. The van der Waals surface area contributed by atoms with Crippen molar-refractivity contribution in [1.29, 1.82) is 0 Å². The van der Waals surface area contributed by atoms with E-state index >= 15 is 0 Å². The zero-order chi connectivity index (χ0) is 22.0. The Bertz CT molecular complexity index is 1180. The molecule has 1 fully saturated rings. The number of thiocarbonyl (C=S) groups is 1. The van der Waals surface area contributed by atoms with Gasteiger partial charge in [0.05, 0.1) is 14.2 Å². The van der Waals surface area contributed by atoms with Crippen LogP contribution in [0.3, 0.4) is 0 Å². The number of rotatable bonds is 5. The second kappa shape index (κ2) is 10.0. The lowest BCUT2D eigenvalue weighted by Crippen LogP contribution is -2.27. The predicted octanol–water partition coefficient (Wildman–Crippen LogP) is 7.19. The van der Waals surface area contributed by atoms with Crippen LogP contribution in [0.5, 0.6) is 5.75 Å². The van der Waals surface area contributed by atoms with Crippen molar-refractivity contribution in [3.63, 3.8) is 0 Å². The Morgan fingerprint density at radius 1 is 1.06 bits per heavy atom. The van der Waals surface area contributed by atoms with Gasteiger partial charge in [-0.05, 0) is 88.0 Å². The Morgan fingerprint density at radius 2 is 1.77 bits per heavy atom. The van der Waals surface area contributed by atoms with Crippen molar-refractivity contribution in [2.24, 2.45) is 0 Å². The summed E-state index contributed by atoms with van der Waals surface area (Å²) in [7, 11) is 0. The molecule has 3 nitrogen and oxygen atoms in total. The molecule has 1 saturated heterocycles. The van der Waals surface area contributed by atoms with E-state index in [0.717, 1.165) is 35.3 Å². The summed E-state index contributed by atoms with van der Waals surface area (Å²) < 4.78 is 8.80. The summed E-state index contributed by atoms with van der Waals surface area (Å²) in [4.78, 5) is 15.4. The smallest absolute Gasteiger partial charge is 0.270 e. The lowest BCUT2D eigenvalue weighted by molar-refractivity contribution is -0.113. The summed E-state index contributed by atoms with van der Waals surface area (Å²) >= 11 is 11.4. The molecule has 3 aromatic rings. The van der Waals surface area contributed by atoms with E-state index in [-0.39, 0.29) is 5.91 Å². The van der Waals surface area contributed by atoms with Crippen LogP contribution in [0.4, 0.5) is 5.69 Å². The molecule has 31 heavy (non-hydrogen) atoms. The summed E-state index contributed by atoms with van der Waals surface area (Å²) in [5, 5.41) is 0. The number of nitrogens with zero attached hydrogens (tertiary/aromatic N) is 1. The van der Waals surface area contributed by atoms with Gasteiger partial charge in [0.15, 0.2) is 4.32 Å². The van der Waals surface area contributed by atoms with Crippen molar-refractivity contribution in [2.75, 3.05) is 4.90 Å². The minimum Gasteiger partial charge on any atom is -0.487 e. The fraction of sp³-hybridized carbons (Fsp3) is 0.0833. The Morgan fingerprint density at radius 3 is 2.48 bits per heavy atom. The largest absolute Gasteiger partial charge is 0.487 e. The molecule has 0 saturated carbocycles. The number of anilines is 1. The second-order valence-corrected chi connectivity index (χ2v) is 11.0. The van der Waals surface area contributed by atoms with Crippen LogP contribution in [-0.2, 0) is 11.4 Å². The Hall–Kier alpha value is -1.43. The van der Waals surface area contributed by atoms with Gasteiger partial charge in [-0.15, -0.1) is 0 Å². The number of hydrogen-bond donors (Lipinski definition) is 0. The van der Waals surface area contributed by atoms with Gasteiger partial charge in [0.1, 0.15) is 12.4 Å². The lowest BCUT2D eigenvalue weighted by Gasteiger charge is -2.15. The molecule has 0 aliphatic carbocycles. The van der Waals surface area contributed by atoms with Gasteiger partial charge < -0.3 is 4.74 Å². The lowest BCUT2D eigenvalue weighted by atomic mass is 10.1. The number of ether oxygens (including phenoxy) is 1. The number of thioether (sulfide) groups is 1. The zero-order valence-corrected chi connectivity index (χ0v) is 22.4. The first-order valence-corrected chi connectivity index (χ1v) is 12.8. The van der Waals surface area contributed by atoms with Gasteiger partial charge in [0.2, 0.25) is 0 Å². The quantitative estimate of drug-likeness (QED) is 0.164. The SMILES string of the molecule is Cc1ccc(N2C(=O)/C(=C/c3cc(I)cc(I)c3OCc3ccccc3)SC2=S)cc1. The van der Waals surface area contributed by atoms with Crippen LogP contribution in [0.25, 0.3) is 6.08 Å². The molecule has 4 rings (SSSR count). The third-order valence-corrected chi connectivity index (χ3v) is 7.36. The molecule has 1 amide bonds. The first-order valence-electron chi connectivity index (χ1n) is 9.43. The number of amides is 1. The van der Waals surface area contributed by atoms with Gasteiger partial charge in [0, 0.05) is 9.13 Å². The first-order chi connectivity index (χ1) is 14.9. The van der Waals surface area contributed by atoms with Crippen molar-refractivity contribution < 1.29 is 9.53 Å². The van der Waals surface area contributed by atoms with Crippen molar-refractivity contribution in [2.45, 2.75) is 13.5 Å². The number of aryl methyl sites for hydroxylation is 1. The minimum atomic E-state index is -0.110. The van der Waals surface area contributed by atoms with Crippen LogP contribution in [0.15, 0.2) is 71.6 Å². The third-order valence-electron chi connectivity index (χ3n) is 4.64. The summed E-state index contributed by atoms with van der Waals surface area (Å²) in [5.74, 6) is 0.659. The molecule has 156 valence electrons. The molecule has 1 aliphatic heterocycles. The minimum absolute atomic E-state index is 0.110. The molecule has 3 aromatic carbocycles. The predicted molar refractivity (Wildman–Crippen MR) is 149 cm³/mol. The second-order valence-electron chi connectivity index (χ2n) is 6.93. The average Bonchev–Trinajstić information content (AvgIpc) is 3.02. The van der Waals surface area contributed by atoms with Crippen LogP contribution in [-0.4, -0.2) is 10.2 Å². The molecular weight excluding hydrogens is 652 g/mol. The summed E-state index contributed by atoms with van der Waals surface area (Å²) in [6.45, 7) is 2.48. The molecule has 0 unspecified atom stereocenters. The number of halogens is 2. The van der Waals surface area contributed by atoms with Crippen LogP contribution in [0, 0.1) is 14.1 Å². The van der Waals surface area contributed by atoms with E-state index in [1.165, 1.54) is 11.8 Å². The van der Waals surface area contributed by atoms with Crippen molar-refractivity contribution in [3.8, 4) is 5.75 Å². The van der Waals surface area contributed by atoms with E-state index in [0.29, 0.717) is 15.8 Å². The van der Waals surface area contributed by atoms with Crippen LogP contribution in [0.2, 0.25) is 0 Å². The number of carbonyl (C=O) groups excluding carboxylic acids is 1. The highest BCUT2D eigenvalue weighted by Crippen LogP contribution is 2.38. The molecular formula is C24H17I2NO2S2. The van der Waals surface area contributed by atoms with Gasteiger partial charge in [-0.25, -0.2) is 0 Å². The fourth-order valence-electron chi connectivity index (χ4n) is 3.09. The standard InChI is InChI=1S/C24H17I2NO2S2/c1-15-7-9-19(10-8-15)27-23(28)21(31-24(27)30)12-17-11-18(25)13-20(26)22(17)29-14-16-5-3-2-4-6-16/h2-13H,14H2,1H3/b21-12-. The van der Waals surface area contributed by atoms with E-state index in [4.69, 9.17) is 17.0 Å². The molecule has 0 N–H and O–H groups in total. The maximum absolute atomic E-state index is 13.2. The molecule has 0 bridgehead atoms. The highest BCUT2D eigenvalue weighted by Gasteiger charge is 2.33. The van der Waals surface area contributed by atoms with E-state index in [1.807, 2.05) is 73.7 Å². The summed E-state index contributed by atoms with van der Waals surface area (Å²) in [6, 6.07) is 21.9. The van der Waals surface area contributed by atoms with Gasteiger partial charge >= 0.3 is 0 Å². The highest BCUT2D eigenvalue weighted by atomic mass is 127. The van der Waals surface area contributed by atoms with E-state index in [2.05, 4.69) is 51.2 Å². The Labute approximate surface area is 218 Å². The van der Waals surface area contributed by atoms with Gasteiger partial charge in [-0.2, -0.15) is 0 Å². The molecule has 0 aromatic heterocycles. The molecule has 0 radical (unpaired) electrons. The number of carbonyl (C=O) groups is 1.